The number of thioether (sulfide) groups is 2. The number of carbonyl (C=O) groups excluding carboxylic acids is 1. The topological polar surface area (TPSA) is 55.1 Å². The number of nitrogens with two attached hydrogens (primary N) is 1. The second-order valence-corrected chi connectivity index (χ2v) is 7.64. The van der Waals surface area contributed by atoms with E-state index in [9.17, 15) is 4.79 Å². The molecule has 3 nitrogen and oxygen atoms in total. The van der Waals surface area contributed by atoms with Crippen LogP contribution in [0.5, 0.6) is 0 Å². The van der Waals surface area contributed by atoms with Crippen LogP contribution in [0.1, 0.15) is 19.3 Å². The lowest BCUT2D eigenvalue weighted by molar-refractivity contribution is -0.122. The summed E-state index contributed by atoms with van der Waals surface area (Å²) < 4.78 is 1.14. The Kier molecular flexibility index (Phi) is 13.6. The number of unbranched alkanes of at least 4 members (excludes halogenated alkanes) is 1. The van der Waals surface area contributed by atoms with Gasteiger partial charge in [-0.1, -0.05) is 12.1 Å². The molecule has 0 unspecified atom stereocenters. The van der Waals surface area contributed by atoms with Gasteiger partial charge in [0.05, 0.1) is 6.04 Å². The highest BCUT2D eigenvalue weighted by Gasteiger charge is 2.11. The minimum absolute atomic E-state index is 0. The van der Waals surface area contributed by atoms with Crippen molar-refractivity contribution in [3.8, 4) is 0 Å². The number of hydrogen-bond donors (Lipinski definition) is 2. The Morgan fingerprint density at radius 3 is 2.73 bits per heavy atom. The lowest BCUT2D eigenvalue weighted by Gasteiger charge is -2.11. The number of rotatable bonds is 10. The van der Waals surface area contributed by atoms with Crippen molar-refractivity contribution in [1.82, 2.24) is 5.32 Å². The smallest absolute Gasteiger partial charge is 0.236 e. The SMILES string of the molecule is CSCC[C@H](N)C(=O)NCCCCSc1ccccc1Br.Cl. The van der Waals surface area contributed by atoms with Crippen LogP contribution in [0.2, 0.25) is 0 Å². The number of halogens is 2. The van der Waals surface area contributed by atoms with E-state index < -0.39 is 0 Å². The van der Waals surface area contributed by atoms with Gasteiger partial charge in [-0.3, -0.25) is 4.79 Å². The molecule has 1 aromatic carbocycles. The van der Waals surface area contributed by atoms with E-state index in [1.807, 2.05) is 30.2 Å². The number of hydrogen-bond acceptors (Lipinski definition) is 4. The molecule has 3 N–H and O–H groups in total. The number of benzene rings is 1. The summed E-state index contributed by atoms with van der Waals surface area (Å²) in [7, 11) is 0. The lowest BCUT2D eigenvalue weighted by atomic mass is 10.2. The minimum Gasteiger partial charge on any atom is -0.355 e. The molecular formula is C15H24BrClN2OS2. The van der Waals surface area contributed by atoms with Gasteiger partial charge in [0.25, 0.3) is 0 Å². The molecule has 0 saturated carbocycles. The van der Waals surface area contributed by atoms with E-state index in [0.29, 0.717) is 6.54 Å². The van der Waals surface area contributed by atoms with E-state index in [1.165, 1.54) is 4.90 Å². The first-order valence-corrected chi connectivity index (χ1v) is 10.2. The fraction of sp³-hybridized carbons (Fsp3) is 0.533. The highest BCUT2D eigenvalue weighted by atomic mass is 79.9. The van der Waals surface area contributed by atoms with Gasteiger partial charge >= 0.3 is 0 Å². The molecule has 7 heteroatoms. The Balaban J connectivity index is 0.00000441. The summed E-state index contributed by atoms with van der Waals surface area (Å²) in [5.41, 5.74) is 5.80. The highest BCUT2D eigenvalue weighted by Crippen LogP contribution is 2.27. The zero-order valence-corrected chi connectivity index (χ0v) is 16.8. The predicted octanol–water partition coefficient (Wildman–Crippen LogP) is 3.94. The number of nitrogens with one attached hydrogen (secondary N) is 1. The zero-order chi connectivity index (χ0) is 15.5. The van der Waals surface area contributed by atoms with Gasteiger partial charge in [-0.15, -0.1) is 24.2 Å². The van der Waals surface area contributed by atoms with E-state index in [0.717, 1.165) is 35.2 Å². The van der Waals surface area contributed by atoms with E-state index in [4.69, 9.17) is 5.73 Å². The molecule has 1 amide bonds. The van der Waals surface area contributed by atoms with Crippen LogP contribution in [0.25, 0.3) is 0 Å². The van der Waals surface area contributed by atoms with Crippen LogP contribution >= 0.6 is 51.9 Å². The van der Waals surface area contributed by atoms with E-state index >= 15 is 0 Å². The minimum atomic E-state index is -0.368. The Morgan fingerprint density at radius 2 is 2.05 bits per heavy atom. The van der Waals surface area contributed by atoms with Crippen molar-refractivity contribution >= 4 is 57.8 Å². The Morgan fingerprint density at radius 1 is 1.32 bits per heavy atom. The molecule has 22 heavy (non-hydrogen) atoms. The fourth-order valence-corrected chi connectivity index (χ4v) is 3.76. The highest BCUT2D eigenvalue weighted by molar-refractivity contribution is 9.10. The first-order valence-electron chi connectivity index (χ1n) is 7.04. The maximum atomic E-state index is 11.7. The van der Waals surface area contributed by atoms with Gasteiger partial charge in [-0.05, 0) is 65.1 Å². The maximum absolute atomic E-state index is 11.7. The average Bonchev–Trinajstić information content (AvgIpc) is 2.49. The molecule has 0 heterocycles. The molecule has 0 aliphatic rings. The van der Waals surface area contributed by atoms with Crippen LogP contribution in [0.15, 0.2) is 33.6 Å². The monoisotopic (exact) mass is 426 g/mol. The summed E-state index contributed by atoms with van der Waals surface area (Å²) in [6, 6.07) is 7.86. The van der Waals surface area contributed by atoms with Crippen LogP contribution in [0, 0.1) is 0 Å². The number of amides is 1. The van der Waals surface area contributed by atoms with Crippen LogP contribution in [-0.2, 0) is 4.79 Å². The van der Waals surface area contributed by atoms with Crippen LogP contribution < -0.4 is 11.1 Å². The lowest BCUT2D eigenvalue weighted by Crippen LogP contribution is -2.41. The molecule has 1 atom stereocenters. The number of carbonyl (C=O) groups is 1. The van der Waals surface area contributed by atoms with Gasteiger partial charge < -0.3 is 11.1 Å². The molecule has 0 radical (unpaired) electrons. The van der Waals surface area contributed by atoms with E-state index in [2.05, 4.69) is 33.4 Å². The summed E-state index contributed by atoms with van der Waals surface area (Å²) in [6.45, 7) is 0.711. The molecule has 0 aromatic heterocycles. The molecule has 126 valence electrons. The maximum Gasteiger partial charge on any atom is 0.236 e. The Labute approximate surface area is 156 Å². The molecule has 0 saturated heterocycles. The quantitative estimate of drug-likeness (QED) is 0.438. The van der Waals surface area contributed by atoms with Crippen molar-refractivity contribution in [2.75, 3.05) is 24.3 Å². The van der Waals surface area contributed by atoms with Crippen molar-refractivity contribution in [1.29, 1.82) is 0 Å². The summed E-state index contributed by atoms with van der Waals surface area (Å²) in [5, 5.41) is 2.91. The third kappa shape index (κ3) is 9.30. The van der Waals surface area contributed by atoms with Gasteiger partial charge in [0.2, 0.25) is 5.91 Å². The van der Waals surface area contributed by atoms with Crippen molar-refractivity contribution in [3.05, 3.63) is 28.7 Å². The second kappa shape index (κ2) is 13.5. The third-order valence-electron chi connectivity index (χ3n) is 2.93. The van der Waals surface area contributed by atoms with Crippen molar-refractivity contribution in [3.63, 3.8) is 0 Å². The van der Waals surface area contributed by atoms with Crippen molar-refractivity contribution < 1.29 is 4.79 Å². The fourth-order valence-electron chi connectivity index (χ4n) is 1.69. The first-order chi connectivity index (χ1) is 10.1. The van der Waals surface area contributed by atoms with Gasteiger partial charge in [-0.25, -0.2) is 0 Å². The molecule has 0 aliphatic carbocycles. The average molecular weight is 428 g/mol. The Hall–Kier alpha value is 0.120. The van der Waals surface area contributed by atoms with Crippen LogP contribution in [0.3, 0.4) is 0 Å². The summed E-state index contributed by atoms with van der Waals surface area (Å²) >= 11 is 7.09. The molecule has 1 aromatic rings. The Bertz CT molecular complexity index is 438. The standard InChI is InChI=1S/C15H23BrN2OS2.ClH/c1-20-11-8-13(17)15(19)18-9-4-5-10-21-14-7-3-2-6-12(14)16;/h2-3,6-7,13H,4-5,8-11,17H2,1H3,(H,18,19);1H/t13-;/m0./s1. The molecule has 0 spiro atoms. The van der Waals surface area contributed by atoms with Gasteiger partial charge in [0, 0.05) is 15.9 Å². The molecule has 1 rings (SSSR count). The van der Waals surface area contributed by atoms with E-state index in [-0.39, 0.29) is 24.4 Å². The van der Waals surface area contributed by atoms with Crippen molar-refractivity contribution in [2.24, 2.45) is 5.73 Å². The van der Waals surface area contributed by atoms with Gasteiger partial charge in [0.1, 0.15) is 0 Å². The van der Waals surface area contributed by atoms with Crippen molar-refractivity contribution in [2.45, 2.75) is 30.2 Å². The largest absolute Gasteiger partial charge is 0.355 e. The van der Waals surface area contributed by atoms with Gasteiger partial charge in [-0.2, -0.15) is 11.8 Å². The molecule has 0 aliphatic heterocycles. The first kappa shape index (κ1) is 22.1. The zero-order valence-electron chi connectivity index (χ0n) is 12.7. The summed E-state index contributed by atoms with van der Waals surface area (Å²) in [5.74, 6) is 1.95. The van der Waals surface area contributed by atoms with Crippen LogP contribution in [0.4, 0.5) is 0 Å². The molecule has 0 bridgehead atoms. The molecule has 0 fully saturated rings. The third-order valence-corrected chi connectivity index (χ3v) is 5.69. The normalized spacial score (nSPS) is 11.6. The van der Waals surface area contributed by atoms with Gasteiger partial charge in [0.15, 0.2) is 0 Å². The second-order valence-electron chi connectivity index (χ2n) is 4.66. The summed E-state index contributed by atoms with van der Waals surface area (Å²) in [4.78, 5) is 13.0. The summed E-state index contributed by atoms with van der Waals surface area (Å²) in [6.07, 6.45) is 4.82. The molecular weight excluding hydrogens is 404 g/mol. The predicted molar refractivity (Wildman–Crippen MR) is 105 cm³/mol. The van der Waals surface area contributed by atoms with E-state index in [1.54, 1.807) is 11.8 Å². The van der Waals surface area contributed by atoms with Crippen LogP contribution in [-0.4, -0.2) is 36.3 Å².